The third-order valence-electron chi connectivity index (χ3n) is 3.72. The molecule has 0 spiro atoms. The van der Waals surface area contributed by atoms with E-state index in [0.29, 0.717) is 17.4 Å². The first kappa shape index (κ1) is 14.4. The lowest BCUT2D eigenvalue weighted by Crippen LogP contribution is -2.40. The number of rotatable bonds is 2. The fraction of sp³-hybridized carbons (Fsp3) is 0.533. The summed E-state index contributed by atoms with van der Waals surface area (Å²) in [6.07, 6.45) is 3.27. The Hall–Kier alpha value is -1.03. The van der Waals surface area contributed by atoms with Crippen molar-refractivity contribution in [3.8, 4) is 5.75 Å². The molecule has 1 aliphatic carbocycles. The van der Waals surface area contributed by atoms with E-state index in [1.807, 2.05) is 0 Å². The summed E-state index contributed by atoms with van der Waals surface area (Å²) in [5, 5.41) is 12.8. The van der Waals surface area contributed by atoms with Gasteiger partial charge in [-0.05, 0) is 49.3 Å². The van der Waals surface area contributed by atoms with Gasteiger partial charge in [0.25, 0.3) is 5.91 Å². The highest BCUT2D eigenvalue weighted by atomic mass is 79.9. The standard InChI is InChI=1S/C15H20BrNO2/c1-9-5-10(2)7-12(6-9)17-15(19)13-4-3-11(16)8-14(13)18/h3-4,8-10,12,18H,5-7H2,1-2H3,(H,17,19). The molecule has 1 aromatic rings. The zero-order valence-corrected chi connectivity index (χ0v) is 12.9. The van der Waals surface area contributed by atoms with Crippen molar-refractivity contribution in [2.75, 3.05) is 0 Å². The SMILES string of the molecule is CC1CC(C)CC(NC(=O)c2ccc(Br)cc2O)C1. The minimum atomic E-state index is -0.184. The second kappa shape index (κ2) is 5.95. The predicted octanol–water partition coefficient (Wildman–Crippen LogP) is 3.71. The van der Waals surface area contributed by atoms with Crippen LogP contribution in [0.15, 0.2) is 22.7 Å². The molecule has 1 amide bonds. The largest absolute Gasteiger partial charge is 0.507 e. The van der Waals surface area contributed by atoms with Gasteiger partial charge in [0.2, 0.25) is 0 Å². The maximum atomic E-state index is 12.2. The van der Waals surface area contributed by atoms with Gasteiger partial charge in [-0.15, -0.1) is 0 Å². The number of benzene rings is 1. The molecule has 1 aliphatic rings. The smallest absolute Gasteiger partial charge is 0.255 e. The zero-order valence-electron chi connectivity index (χ0n) is 11.3. The number of amides is 1. The predicted molar refractivity (Wildman–Crippen MR) is 79.2 cm³/mol. The molecule has 0 bridgehead atoms. The Morgan fingerprint density at radius 1 is 1.26 bits per heavy atom. The third kappa shape index (κ3) is 3.72. The van der Waals surface area contributed by atoms with Crippen LogP contribution in [-0.4, -0.2) is 17.1 Å². The number of carbonyl (C=O) groups excluding carboxylic acids is 1. The van der Waals surface area contributed by atoms with E-state index in [2.05, 4.69) is 35.1 Å². The molecule has 1 saturated carbocycles. The van der Waals surface area contributed by atoms with Crippen molar-refractivity contribution >= 4 is 21.8 Å². The van der Waals surface area contributed by atoms with Crippen molar-refractivity contribution < 1.29 is 9.90 Å². The maximum Gasteiger partial charge on any atom is 0.255 e. The summed E-state index contributed by atoms with van der Waals surface area (Å²) in [6, 6.07) is 5.17. The van der Waals surface area contributed by atoms with Gasteiger partial charge < -0.3 is 10.4 Å². The summed E-state index contributed by atoms with van der Waals surface area (Å²) in [5.74, 6) is 1.13. The zero-order chi connectivity index (χ0) is 14.0. The Kier molecular flexibility index (Phi) is 4.50. The Labute approximate surface area is 122 Å². The van der Waals surface area contributed by atoms with Crippen LogP contribution >= 0.6 is 15.9 Å². The van der Waals surface area contributed by atoms with Gasteiger partial charge in [-0.1, -0.05) is 29.8 Å². The monoisotopic (exact) mass is 325 g/mol. The molecular formula is C15H20BrNO2. The topological polar surface area (TPSA) is 49.3 Å². The van der Waals surface area contributed by atoms with Gasteiger partial charge in [0.05, 0.1) is 5.56 Å². The van der Waals surface area contributed by atoms with E-state index in [-0.39, 0.29) is 17.7 Å². The van der Waals surface area contributed by atoms with Crippen LogP contribution in [0, 0.1) is 11.8 Å². The van der Waals surface area contributed by atoms with E-state index in [4.69, 9.17) is 0 Å². The van der Waals surface area contributed by atoms with Crippen molar-refractivity contribution in [3.63, 3.8) is 0 Å². The molecule has 19 heavy (non-hydrogen) atoms. The van der Waals surface area contributed by atoms with Crippen LogP contribution in [0.25, 0.3) is 0 Å². The van der Waals surface area contributed by atoms with Gasteiger partial charge in [0.15, 0.2) is 0 Å². The minimum absolute atomic E-state index is 0.0174. The Morgan fingerprint density at radius 2 is 1.89 bits per heavy atom. The summed E-state index contributed by atoms with van der Waals surface area (Å²) in [4.78, 5) is 12.2. The quantitative estimate of drug-likeness (QED) is 0.870. The fourth-order valence-electron chi connectivity index (χ4n) is 3.02. The molecule has 1 fully saturated rings. The molecular weight excluding hydrogens is 306 g/mol. The molecule has 2 rings (SSSR count). The first-order chi connectivity index (χ1) is 8.95. The molecule has 0 radical (unpaired) electrons. The van der Waals surface area contributed by atoms with E-state index in [9.17, 15) is 9.90 Å². The molecule has 0 aromatic heterocycles. The maximum absolute atomic E-state index is 12.2. The number of hydrogen-bond donors (Lipinski definition) is 2. The van der Waals surface area contributed by atoms with Crippen LogP contribution in [0.2, 0.25) is 0 Å². The average molecular weight is 326 g/mol. The Bertz CT molecular complexity index is 465. The van der Waals surface area contributed by atoms with Crippen molar-refractivity contribution in [2.45, 2.75) is 39.2 Å². The lowest BCUT2D eigenvalue weighted by molar-refractivity contribution is 0.0908. The highest BCUT2D eigenvalue weighted by Gasteiger charge is 2.25. The minimum Gasteiger partial charge on any atom is -0.507 e. The molecule has 1 aromatic carbocycles. The third-order valence-corrected chi connectivity index (χ3v) is 4.21. The molecule has 0 aliphatic heterocycles. The normalized spacial score (nSPS) is 27.0. The number of nitrogens with one attached hydrogen (secondary N) is 1. The van der Waals surface area contributed by atoms with E-state index < -0.39 is 0 Å². The number of aromatic hydroxyl groups is 1. The van der Waals surface area contributed by atoms with Gasteiger partial charge in [0, 0.05) is 10.5 Å². The molecule has 2 unspecified atom stereocenters. The van der Waals surface area contributed by atoms with Gasteiger partial charge >= 0.3 is 0 Å². The van der Waals surface area contributed by atoms with Gasteiger partial charge in [0.1, 0.15) is 5.75 Å². The first-order valence-electron chi connectivity index (χ1n) is 6.75. The van der Waals surface area contributed by atoms with Gasteiger partial charge in [-0.25, -0.2) is 0 Å². The van der Waals surface area contributed by atoms with Crippen molar-refractivity contribution in [1.82, 2.24) is 5.32 Å². The van der Waals surface area contributed by atoms with E-state index in [0.717, 1.165) is 17.3 Å². The van der Waals surface area contributed by atoms with Crippen LogP contribution in [0.5, 0.6) is 5.75 Å². The summed E-state index contributed by atoms with van der Waals surface area (Å²) < 4.78 is 0.765. The lowest BCUT2D eigenvalue weighted by atomic mass is 9.80. The number of phenolic OH excluding ortho intramolecular Hbond substituents is 1. The fourth-order valence-corrected chi connectivity index (χ4v) is 3.37. The second-order valence-corrected chi connectivity index (χ2v) is 6.66. The van der Waals surface area contributed by atoms with Crippen LogP contribution in [0.3, 0.4) is 0 Å². The average Bonchev–Trinajstić information content (AvgIpc) is 2.26. The number of phenols is 1. The first-order valence-corrected chi connectivity index (χ1v) is 7.54. The Balaban J connectivity index is 2.04. The van der Waals surface area contributed by atoms with Crippen molar-refractivity contribution in [2.24, 2.45) is 11.8 Å². The number of halogens is 1. The van der Waals surface area contributed by atoms with Crippen LogP contribution in [0.4, 0.5) is 0 Å². The molecule has 0 heterocycles. The molecule has 2 atom stereocenters. The van der Waals surface area contributed by atoms with Crippen LogP contribution in [-0.2, 0) is 0 Å². The van der Waals surface area contributed by atoms with Crippen molar-refractivity contribution in [3.05, 3.63) is 28.2 Å². The van der Waals surface area contributed by atoms with E-state index >= 15 is 0 Å². The summed E-state index contributed by atoms with van der Waals surface area (Å²) >= 11 is 3.27. The highest BCUT2D eigenvalue weighted by molar-refractivity contribution is 9.10. The van der Waals surface area contributed by atoms with Crippen LogP contribution in [0.1, 0.15) is 43.5 Å². The highest BCUT2D eigenvalue weighted by Crippen LogP contribution is 2.29. The van der Waals surface area contributed by atoms with Crippen molar-refractivity contribution in [1.29, 1.82) is 0 Å². The number of hydrogen-bond acceptors (Lipinski definition) is 2. The molecule has 3 nitrogen and oxygen atoms in total. The molecule has 4 heteroatoms. The van der Waals surface area contributed by atoms with Gasteiger partial charge in [-0.2, -0.15) is 0 Å². The van der Waals surface area contributed by atoms with Crippen LogP contribution < -0.4 is 5.32 Å². The summed E-state index contributed by atoms with van der Waals surface area (Å²) in [6.45, 7) is 4.46. The van der Waals surface area contributed by atoms with E-state index in [1.165, 1.54) is 6.42 Å². The molecule has 0 saturated heterocycles. The molecule has 104 valence electrons. The second-order valence-electron chi connectivity index (χ2n) is 5.75. The lowest BCUT2D eigenvalue weighted by Gasteiger charge is -2.32. The Morgan fingerprint density at radius 3 is 2.47 bits per heavy atom. The van der Waals surface area contributed by atoms with E-state index in [1.54, 1.807) is 18.2 Å². The summed E-state index contributed by atoms with van der Waals surface area (Å²) in [7, 11) is 0. The molecule has 2 N–H and O–H groups in total. The van der Waals surface area contributed by atoms with Gasteiger partial charge in [-0.3, -0.25) is 4.79 Å². The number of carbonyl (C=O) groups is 1. The summed E-state index contributed by atoms with van der Waals surface area (Å²) in [5.41, 5.74) is 0.342.